The fourth-order valence-corrected chi connectivity index (χ4v) is 6.36. The zero-order valence-electron chi connectivity index (χ0n) is 23.5. The number of carboxylic acids is 1. The lowest BCUT2D eigenvalue weighted by atomic mass is 9.87. The number of carbonyl (C=O) groups is 1. The molecule has 0 atom stereocenters. The third-order valence-electron chi connectivity index (χ3n) is 9.04. The SMILES string of the molecule is Cc1cc(C2CCN(C3CC3)CC2)ccc1COc1c(F)cc(F)cc1-c1ccnc(N2CCC(C(=O)O)CC2)c1. The normalized spacial score (nSPS) is 19.0. The topological polar surface area (TPSA) is 65.9 Å². The van der Waals surface area contributed by atoms with Gasteiger partial charge in [-0.15, -0.1) is 0 Å². The summed E-state index contributed by atoms with van der Waals surface area (Å²) in [5.74, 6) is -1.35. The maximum atomic E-state index is 15.1. The van der Waals surface area contributed by atoms with Crippen LogP contribution < -0.4 is 9.64 Å². The van der Waals surface area contributed by atoms with Crippen molar-refractivity contribution in [2.45, 2.75) is 64.0 Å². The van der Waals surface area contributed by atoms with E-state index in [1.165, 1.54) is 50.4 Å². The molecular formula is C33H37F2N3O3. The van der Waals surface area contributed by atoms with E-state index in [2.05, 4.69) is 35.0 Å². The lowest BCUT2D eigenvalue weighted by Crippen LogP contribution is -2.36. The number of aryl methyl sites for hydroxylation is 1. The standard InChI is InChI=1S/C33H37F2N3O3/c1-21-16-24(22-7-12-37(13-8-22)28-4-5-28)2-3-26(21)20-41-32-29(18-27(34)19-30(32)35)25-6-11-36-31(17-25)38-14-9-23(10-15-38)33(39)40/h2-3,6,11,16-19,22-23,28H,4-5,7-10,12-15,20H2,1H3,(H,39,40). The van der Waals surface area contributed by atoms with Crippen molar-refractivity contribution in [2.75, 3.05) is 31.1 Å². The predicted molar refractivity (Wildman–Crippen MR) is 154 cm³/mol. The number of hydrogen-bond acceptors (Lipinski definition) is 5. The van der Waals surface area contributed by atoms with E-state index in [0.29, 0.717) is 48.8 Å². The van der Waals surface area contributed by atoms with Gasteiger partial charge in [-0.2, -0.15) is 0 Å². The summed E-state index contributed by atoms with van der Waals surface area (Å²) in [6, 6.07) is 12.9. The van der Waals surface area contributed by atoms with E-state index < -0.39 is 17.6 Å². The van der Waals surface area contributed by atoms with Crippen LogP contribution in [0.2, 0.25) is 0 Å². The summed E-state index contributed by atoms with van der Waals surface area (Å²) in [4.78, 5) is 20.4. The number of rotatable bonds is 8. The smallest absolute Gasteiger partial charge is 0.306 e. The maximum Gasteiger partial charge on any atom is 0.306 e. The molecule has 3 aliphatic rings. The molecule has 0 unspecified atom stereocenters. The second-order valence-electron chi connectivity index (χ2n) is 11.8. The van der Waals surface area contributed by atoms with Crippen molar-refractivity contribution in [3.05, 3.63) is 77.0 Å². The van der Waals surface area contributed by atoms with Gasteiger partial charge >= 0.3 is 5.97 Å². The highest BCUT2D eigenvalue weighted by molar-refractivity contribution is 5.73. The van der Waals surface area contributed by atoms with Gasteiger partial charge in [0.2, 0.25) is 0 Å². The molecule has 6 nitrogen and oxygen atoms in total. The number of halogens is 2. The molecule has 0 radical (unpaired) electrons. The second kappa shape index (κ2) is 11.8. The van der Waals surface area contributed by atoms with Gasteiger partial charge in [0.25, 0.3) is 0 Å². The molecule has 1 N–H and O–H groups in total. The van der Waals surface area contributed by atoms with Gasteiger partial charge in [0.15, 0.2) is 11.6 Å². The number of piperidine rings is 2. The van der Waals surface area contributed by atoms with Crippen LogP contribution in [0.3, 0.4) is 0 Å². The van der Waals surface area contributed by atoms with Crippen molar-refractivity contribution in [1.29, 1.82) is 0 Å². The van der Waals surface area contributed by atoms with E-state index in [1.54, 1.807) is 18.3 Å². The molecule has 216 valence electrons. The van der Waals surface area contributed by atoms with E-state index in [-0.39, 0.29) is 18.3 Å². The Balaban J connectivity index is 1.17. The van der Waals surface area contributed by atoms with Crippen molar-refractivity contribution >= 4 is 11.8 Å². The van der Waals surface area contributed by atoms with Crippen molar-refractivity contribution in [3.63, 3.8) is 0 Å². The van der Waals surface area contributed by atoms with Crippen LogP contribution in [0.25, 0.3) is 11.1 Å². The zero-order chi connectivity index (χ0) is 28.5. The fraction of sp³-hybridized carbons (Fsp3) is 0.455. The quantitative estimate of drug-likeness (QED) is 0.336. The third kappa shape index (κ3) is 6.22. The number of pyridine rings is 1. The minimum atomic E-state index is -0.776. The van der Waals surface area contributed by atoms with E-state index in [1.807, 2.05) is 4.90 Å². The Hall–Kier alpha value is -3.52. The summed E-state index contributed by atoms with van der Waals surface area (Å²) in [6.07, 6.45) is 7.74. The summed E-state index contributed by atoms with van der Waals surface area (Å²) in [6.45, 7) is 5.69. The number of anilines is 1. The van der Waals surface area contributed by atoms with Crippen LogP contribution in [0.15, 0.2) is 48.7 Å². The van der Waals surface area contributed by atoms with Crippen LogP contribution in [0.1, 0.15) is 61.1 Å². The van der Waals surface area contributed by atoms with Gasteiger partial charge in [0, 0.05) is 37.0 Å². The molecule has 1 aromatic heterocycles. The highest BCUT2D eigenvalue weighted by Gasteiger charge is 2.32. The number of aromatic nitrogens is 1. The highest BCUT2D eigenvalue weighted by atomic mass is 19.1. The van der Waals surface area contributed by atoms with E-state index in [0.717, 1.165) is 23.2 Å². The molecule has 6 rings (SSSR count). The van der Waals surface area contributed by atoms with Crippen LogP contribution in [0.5, 0.6) is 5.75 Å². The van der Waals surface area contributed by atoms with E-state index in [4.69, 9.17) is 4.74 Å². The molecule has 2 saturated heterocycles. The first-order valence-electron chi connectivity index (χ1n) is 14.7. The fourth-order valence-electron chi connectivity index (χ4n) is 6.36. The Morgan fingerprint density at radius 2 is 1.73 bits per heavy atom. The molecule has 8 heteroatoms. The molecule has 0 bridgehead atoms. The van der Waals surface area contributed by atoms with Crippen LogP contribution in [0, 0.1) is 24.5 Å². The summed E-state index contributed by atoms with van der Waals surface area (Å²) < 4.78 is 35.6. The average Bonchev–Trinajstić information content (AvgIpc) is 3.83. The number of carboxylic acid groups (broad SMARTS) is 1. The van der Waals surface area contributed by atoms with Gasteiger partial charge in [0.05, 0.1) is 5.92 Å². The van der Waals surface area contributed by atoms with Crippen molar-refractivity contribution in [1.82, 2.24) is 9.88 Å². The number of ether oxygens (including phenoxy) is 1. The first-order valence-corrected chi connectivity index (χ1v) is 14.7. The maximum absolute atomic E-state index is 15.1. The van der Waals surface area contributed by atoms with Crippen molar-refractivity contribution in [2.24, 2.45) is 5.92 Å². The number of likely N-dealkylation sites (tertiary alicyclic amines) is 1. The predicted octanol–water partition coefficient (Wildman–Crippen LogP) is 6.56. The average molecular weight is 562 g/mol. The van der Waals surface area contributed by atoms with Gasteiger partial charge in [0.1, 0.15) is 18.2 Å². The summed E-state index contributed by atoms with van der Waals surface area (Å²) in [7, 11) is 0. The minimum Gasteiger partial charge on any atom is -0.485 e. The molecule has 0 amide bonds. The van der Waals surface area contributed by atoms with Crippen LogP contribution >= 0.6 is 0 Å². The first-order chi connectivity index (χ1) is 19.9. The van der Waals surface area contributed by atoms with E-state index >= 15 is 4.39 Å². The molecule has 3 heterocycles. The van der Waals surface area contributed by atoms with Gasteiger partial charge in [-0.05, 0) is 105 Å². The van der Waals surface area contributed by atoms with Gasteiger partial charge in [-0.3, -0.25) is 4.79 Å². The molecule has 1 saturated carbocycles. The molecule has 3 aromatic rings. The largest absolute Gasteiger partial charge is 0.485 e. The van der Waals surface area contributed by atoms with Crippen molar-refractivity contribution < 1.29 is 23.4 Å². The Morgan fingerprint density at radius 1 is 0.976 bits per heavy atom. The van der Waals surface area contributed by atoms with Crippen molar-refractivity contribution in [3.8, 4) is 16.9 Å². The number of hydrogen-bond donors (Lipinski definition) is 1. The van der Waals surface area contributed by atoms with E-state index in [9.17, 15) is 14.3 Å². The first kappa shape index (κ1) is 27.6. The summed E-state index contributed by atoms with van der Waals surface area (Å²) in [5, 5.41) is 9.30. The van der Waals surface area contributed by atoms with Gasteiger partial charge in [-0.25, -0.2) is 13.8 Å². The Morgan fingerprint density at radius 3 is 2.41 bits per heavy atom. The Labute approximate surface area is 240 Å². The molecule has 2 aliphatic heterocycles. The molecular weight excluding hydrogens is 524 g/mol. The number of benzene rings is 2. The highest BCUT2D eigenvalue weighted by Crippen LogP contribution is 2.37. The second-order valence-corrected chi connectivity index (χ2v) is 11.8. The minimum absolute atomic E-state index is 0.00376. The van der Waals surface area contributed by atoms with Gasteiger partial charge < -0.3 is 19.6 Å². The van der Waals surface area contributed by atoms with Crippen LogP contribution in [-0.2, 0) is 11.4 Å². The molecule has 0 spiro atoms. The molecule has 3 fully saturated rings. The Kier molecular flexibility index (Phi) is 7.93. The lowest BCUT2D eigenvalue weighted by molar-refractivity contribution is -0.142. The molecule has 1 aliphatic carbocycles. The summed E-state index contributed by atoms with van der Waals surface area (Å²) >= 11 is 0. The number of nitrogens with zero attached hydrogens (tertiary/aromatic N) is 3. The Bertz CT molecular complexity index is 1410. The summed E-state index contributed by atoms with van der Waals surface area (Å²) in [5.41, 5.74) is 4.34. The molecule has 2 aromatic carbocycles. The van der Waals surface area contributed by atoms with Crippen LogP contribution in [-0.4, -0.2) is 53.2 Å². The van der Waals surface area contributed by atoms with Gasteiger partial charge in [-0.1, -0.05) is 18.2 Å². The monoisotopic (exact) mass is 561 g/mol. The molecule has 41 heavy (non-hydrogen) atoms. The lowest BCUT2D eigenvalue weighted by Gasteiger charge is -2.32. The third-order valence-corrected chi connectivity index (χ3v) is 9.04. The van der Waals surface area contributed by atoms with Crippen LogP contribution in [0.4, 0.5) is 14.6 Å². The zero-order valence-corrected chi connectivity index (χ0v) is 23.5. The number of aliphatic carboxylic acids is 1.